The van der Waals surface area contributed by atoms with Crippen LogP contribution in [0.25, 0.3) is 11.2 Å². The smallest absolute Gasteiger partial charge is 0.179 e. The molecule has 18 heavy (non-hydrogen) atoms. The van der Waals surface area contributed by atoms with Gasteiger partial charge in [-0.1, -0.05) is 16.8 Å². The van der Waals surface area contributed by atoms with Crippen molar-refractivity contribution in [1.82, 2.24) is 20.0 Å². The zero-order valence-electron chi connectivity index (χ0n) is 9.71. The zero-order valence-corrected chi connectivity index (χ0v) is 10.5. The summed E-state index contributed by atoms with van der Waals surface area (Å²) in [5.74, 6) is 0. The van der Waals surface area contributed by atoms with Gasteiger partial charge in [0.25, 0.3) is 0 Å². The van der Waals surface area contributed by atoms with E-state index in [2.05, 4.69) is 15.3 Å². The number of hydrogen-bond acceptors (Lipinski definition) is 5. The molecule has 6 nitrogen and oxygen atoms in total. The van der Waals surface area contributed by atoms with Crippen LogP contribution in [0.5, 0.6) is 0 Å². The minimum Gasteiger partial charge on any atom is -0.388 e. The second kappa shape index (κ2) is 4.46. The molecule has 0 aliphatic carbocycles. The molecule has 1 saturated heterocycles. The first-order chi connectivity index (χ1) is 8.66. The van der Waals surface area contributed by atoms with Crippen LogP contribution in [0.1, 0.15) is 12.8 Å². The largest absolute Gasteiger partial charge is 0.388 e. The predicted octanol–water partition coefficient (Wildman–Crippen LogP) is 1.02. The Bertz CT molecular complexity index is 565. The van der Waals surface area contributed by atoms with E-state index < -0.39 is 5.60 Å². The standard InChI is InChI=1S/C11H13ClN4O2/c12-9-2-1-8-10(13-9)16(15-14-8)7-11(17)3-5-18-6-4-11/h1-2,17H,3-7H2. The third-order valence-electron chi connectivity index (χ3n) is 3.19. The Kier molecular flexibility index (Phi) is 2.93. The Morgan fingerprint density at radius 1 is 1.39 bits per heavy atom. The average molecular weight is 269 g/mol. The molecule has 2 aromatic heterocycles. The first kappa shape index (κ1) is 11.8. The molecular weight excluding hydrogens is 256 g/mol. The second-order valence-electron chi connectivity index (χ2n) is 4.56. The van der Waals surface area contributed by atoms with Crippen molar-refractivity contribution in [3.63, 3.8) is 0 Å². The van der Waals surface area contributed by atoms with E-state index in [9.17, 15) is 5.11 Å². The van der Waals surface area contributed by atoms with E-state index in [1.807, 2.05) is 0 Å². The van der Waals surface area contributed by atoms with Crippen LogP contribution in [-0.2, 0) is 11.3 Å². The number of fused-ring (bicyclic) bond motifs is 1. The van der Waals surface area contributed by atoms with E-state index in [4.69, 9.17) is 16.3 Å². The summed E-state index contributed by atoms with van der Waals surface area (Å²) in [6.45, 7) is 1.49. The number of nitrogens with zero attached hydrogens (tertiary/aromatic N) is 4. The fourth-order valence-corrected chi connectivity index (χ4v) is 2.27. The van der Waals surface area contributed by atoms with Crippen molar-refractivity contribution >= 4 is 22.8 Å². The topological polar surface area (TPSA) is 73.1 Å². The monoisotopic (exact) mass is 268 g/mol. The van der Waals surface area contributed by atoms with Crippen LogP contribution in [0.15, 0.2) is 12.1 Å². The van der Waals surface area contributed by atoms with Gasteiger partial charge >= 0.3 is 0 Å². The van der Waals surface area contributed by atoms with Gasteiger partial charge in [0, 0.05) is 26.1 Å². The summed E-state index contributed by atoms with van der Waals surface area (Å²) in [4.78, 5) is 4.19. The molecule has 3 heterocycles. The number of hydrogen-bond donors (Lipinski definition) is 1. The van der Waals surface area contributed by atoms with Crippen LogP contribution in [0.3, 0.4) is 0 Å². The van der Waals surface area contributed by atoms with E-state index in [1.54, 1.807) is 16.8 Å². The Labute approximate surface area is 109 Å². The molecule has 1 N–H and O–H groups in total. The first-order valence-electron chi connectivity index (χ1n) is 5.82. The minimum atomic E-state index is -0.803. The van der Waals surface area contributed by atoms with Gasteiger partial charge in [-0.3, -0.25) is 0 Å². The maximum atomic E-state index is 10.4. The molecule has 0 unspecified atom stereocenters. The summed E-state index contributed by atoms with van der Waals surface area (Å²) in [6.07, 6.45) is 1.18. The third kappa shape index (κ3) is 2.19. The summed E-state index contributed by atoms with van der Waals surface area (Å²) in [7, 11) is 0. The van der Waals surface area contributed by atoms with Crippen molar-refractivity contribution < 1.29 is 9.84 Å². The molecule has 7 heteroatoms. The molecule has 0 saturated carbocycles. The number of pyridine rings is 1. The molecule has 2 aromatic rings. The second-order valence-corrected chi connectivity index (χ2v) is 4.95. The van der Waals surface area contributed by atoms with E-state index in [-0.39, 0.29) is 0 Å². The van der Waals surface area contributed by atoms with Crippen LogP contribution < -0.4 is 0 Å². The SMILES string of the molecule is OC1(Cn2nnc3ccc(Cl)nc32)CCOCC1. The highest BCUT2D eigenvalue weighted by molar-refractivity contribution is 6.29. The van der Waals surface area contributed by atoms with Gasteiger partial charge in [0.05, 0.1) is 12.1 Å². The Balaban J connectivity index is 1.92. The number of ether oxygens (including phenoxy) is 1. The minimum absolute atomic E-state index is 0.361. The van der Waals surface area contributed by atoms with Crippen molar-refractivity contribution in [2.24, 2.45) is 0 Å². The number of rotatable bonds is 2. The van der Waals surface area contributed by atoms with Gasteiger partial charge in [0.2, 0.25) is 0 Å². The fraction of sp³-hybridized carbons (Fsp3) is 0.545. The van der Waals surface area contributed by atoms with Crippen LogP contribution >= 0.6 is 11.6 Å². The fourth-order valence-electron chi connectivity index (χ4n) is 2.13. The summed E-state index contributed by atoms with van der Waals surface area (Å²) in [5, 5.41) is 18.9. The van der Waals surface area contributed by atoms with Gasteiger partial charge in [-0.2, -0.15) is 0 Å². The van der Waals surface area contributed by atoms with Crippen LogP contribution in [0.4, 0.5) is 0 Å². The quantitative estimate of drug-likeness (QED) is 0.824. The highest BCUT2D eigenvalue weighted by Gasteiger charge is 2.31. The van der Waals surface area contributed by atoms with E-state index in [1.165, 1.54) is 0 Å². The lowest BCUT2D eigenvalue weighted by atomic mass is 9.94. The zero-order chi connectivity index (χ0) is 12.6. The molecule has 0 bridgehead atoms. The summed E-state index contributed by atoms with van der Waals surface area (Å²) < 4.78 is 6.85. The Morgan fingerprint density at radius 3 is 2.94 bits per heavy atom. The van der Waals surface area contributed by atoms with Crippen molar-refractivity contribution in [2.75, 3.05) is 13.2 Å². The van der Waals surface area contributed by atoms with Crippen molar-refractivity contribution in [3.05, 3.63) is 17.3 Å². The van der Waals surface area contributed by atoms with Crippen LogP contribution in [0.2, 0.25) is 5.15 Å². The highest BCUT2D eigenvalue weighted by Crippen LogP contribution is 2.23. The molecule has 96 valence electrons. The lowest BCUT2D eigenvalue weighted by molar-refractivity contribution is -0.0741. The van der Waals surface area contributed by atoms with Gasteiger partial charge in [0.15, 0.2) is 5.65 Å². The van der Waals surface area contributed by atoms with E-state index >= 15 is 0 Å². The maximum absolute atomic E-state index is 10.4. The molecular formula is C11H13ClN4O2. The lowest BCUT2D eigenvalue weighted by Crippen LogP contribution is -2.40. The van der Waals surface area contributed by atoms with Gasteiger partial charge < -0.3 is 9.84 Å². The predicted molar refractivity (Wildman–Crippen MR) is 65.3 cm³/mol. The van der Waals surface area contributed by atoms with Gasteiger partial charge in [0.1, 0.15) is 10.7 Å². The number of aromatic nitrogens is 4. The molecule has 1 aliphatic rings. The molecule has 0 radical (unpaired) electrons. The molecule has 1 fully saturated rings. The normalized spacial score (nSPS) is 19.2. The van der Waals surface area contributed by atoms with Crippen molar-refractivity contribution in [3.8, 4) is 0 Å². The van der Waals surface area contributed by atoms with Crippen molar-refractivity contribution in [2.45, 2.75) is 25.0 Å². The number of aliphatic hydroxyl groups is 1. The summed E-state index contributed by atoms with van der Waals surface area (Å²) in [6, 6.07) is 3.44. The van der Waals surface area contributed by atoms with Gasteiger partial charge in [-0.05, 0) is 12.1 Å². The molecule has 0 atom stereocenters. The van der Waals surface area contributed by atoms with E-state index in [0.29, 0.717) is 48.9 Å². The first-order valence-corrected chi connectivity index (χ1v) is 6.20. The van der Waals surface area contributed by atoms with Crippen LogP contribution in [-0.4, -0.2) is 43.9 Å². The molecule has 1 aliphatic heterocycles. The highest BCUT2D eigenvalue weighted by atomic mass is 35.5. The Morgan fingerprint density at radius 2 is 2.17 bits per heavy atom. The van der Waals surface area contributed by atoms with Crippen molar-refractivity contribution in [1.29, 1.82) is 0 Å². The third-order valence-corrected chi connectivity index (χ3v) is 3.40. The lowest BCUT2D eigenvalue weighted by Gasteiger charge is -2.31. The molecule has 3 rings (SSSR count). The molecule has 0 aromatic carbocycles. The average Bonchev–Trinajstić information content (AvgIpc) is 2.72. The maximum Gasteiger partial charge on any atom is 0.179 e. The van der Waals surface area contributed by atoms with Gasteiger partial charge in [-0.25, -0.2) is 9.67 Å². The molecule has 0 spiro atoms. The molecule has 0 amide bonds. The van der Waals surface area contributed by atoms with Crippen LogP contribution in [0, 0.1) is 0 Å². The summed E-state index contributed by atoms with van der Waals surface area (Å²) in [5.41, 5.74) is 0.473. The van der Waals surface area contributed by atoms with Gasteiger partial charge in [-0.15, -0.1) is 5.10 Å². The Hall–Kier alpha value is -1.24. The van der Waals surface area contributed by atoms with E-state index in [0.717, 1.165) is 0 Å². The summed E-state index contributed by atoms with van der Waals surface area (Å²) >= 11 is 5.86. The number of halogens is 1.